The molecule has 2 aromatic carbocycles. The molecule has 0 spiro atoms. The molecule has 2 rings (SSSR count). The Morgan fingerprint density at radius 1 is 0.773 bits per heavy atom. The minimum atomic E-state index is -0.133. The molecular formula is C15H12N2O4S. The normalized spacial score (nSPS) is 11.3. The first kappa shape index (κ1) is 15.5. The van der Waals surface area contributed by atoms with E-state index in [-0.39, 0.29) is 28.1 Å². The Bertz CT molecular complexity index is 709. The molecule has 0 fully saturated rings. The van der Waals surface area contributed by atoms with E-state index in [0.29, 0.717) is 11.1 Å². The van der Waals surface area contributed by atoms with Crippen LogP contribution in [0.25, 0.3) is 0 Å². The molecule has 0 unspecified atom stereocenters. The number of thiocarbonyl (C=S) groups is 1. The van der Waals surface area contributed by atoms with E-state index in [1.165, 1.54) is 48.8 Å². The number of phenols is 4. The average molecular weight is 316 g/mol. The van der Waals surface area contributed by atoms with Crippen molar-refractivity contribution in [3.63, 3.8) is 0 Å². The molecule has 0 aromatic heterocycles. The predicted octanol–water partition coefficient (Wildman–Crippen LogP) is 2.33. The van der Waals surface area contributed by atoms with Crippen LogP contribution in [0.4, 0.5) is 0 Å². The highest BCUT2D eigenvalue weighted by molar-refractivity contribution is 7.80. The standard InChI is InChI=1S/C15H12N2O4S/c18-11-3-1-9(13(20)5-11)7-16-15(22)17-8-10-2-4-12(19)6-14(10)21/h1-8,18-21H/b16-7+,17-8+. The van der Waals surface area contributed by atoms with Crippen LogP contribution in [0.15, 0.2) is 46.4 Å². The van der Waals surface area contributed by atoms with Crippen molar-refractivity contribution in [3.05, 3.63) is 47.5 Å². The van der Waals surface area contributed by atoms with Crippen LogP contribution in [0.5, 0.6) is 23.0 Å². The highest BCUT2D eigenvalue weighted by atomic mass is 32.1. The van der Waals surface area contributed by atoms with Crippen LogP contribution in [-0.2, 0) is 0 Å². The van der Waals surface area contributed by atoms with Gasteiger partial charge in [-0.3, -0.25) is 0 Å². The molecule has 0 saturated heterocycles. The van der Waals surface area contributed by atoms with Crippen molar-refractivity contribution in [1.82, 2.24) is 0 Å². The molecule has 6 nitrogen and oxygen atoms in total. The fourth-order valence-electron chi connectivity index (χ4n) is 1.57. The maximum Gasteiger partial charge on any atom is 0.219 e. The Hall–Kier alpha value is -2.93. The Morgan fingerprint density at radius 2 is 1.18 bits per heavy atom. The van der Waals surface area contributed by atoms with E-state index in [9.17, 15) is 20.4 Å². The van der Waals surface area contributed by atoms with Gasteiger partial charge in [0.05, 0.1) is 0 Å². The minimum Gasteiger partial charge on any atom is -0.508 e. The maximum atomic E-state index is 9.58. The minimum absolute atomic E-state index is 0.0139. The van der Waals surface area contributed by atoms with Crippen LogP contribution in [0.1, 0.15) is 11.1 Å². The first-order chi connectivity index (χ1) is 10.5. The average Bonchev–Trinajstić information content (AvgIpc) is 2.45. The molecule has 4 N–H and O–H groups in total. The van der Waals surface area contributed by atoms with E-state index in [1.807, 2.05) is 0 Å². The Kier molecular flexibility index (Phi) is 4.70. The monoisotopic (exact) mass is 316 g/mol. The third kappa shape index (κ3) is 4.03. The zero-order chi connectivity index (χ0) is 16.1. The van der Waals surface area contributed by atoms with Gasteiger partial charge in [0.15, 0.2) is 0 Å². The van der Waals surface area contributed by atoms with Crippen molar-refractivity contribution < 1.29 is 20.4 Å². The van der Waals surface area contributed by atoms with Crippen LogP contribution >= 0.6 is 12.2 Å². The zero-order valence-electron chi connectivity index (χ0n) is 11.2. The lowest BCUT2D eigenvalue weighted by Gasteiger charge is -1.99. The van der Waals surface area contributed by atoms with Gasteiger partial charge in [-0.15, -0.1) is 0 Å². The molecule has 0 bridgehead atoms. The van der Waals surface area contributed by atoms with E-state index in [2.05, 4.69) is 9.98 Å². The number of rotatable bonds is 2. The molecule has 0 aliphatic carbocycles. The Morgan fingerprint density at radius 3 is 1.55 bits per heavy atom. The largest absolute Gasteiger partial charge is 0.508 e. The van der Waals surface area contributed by atoms with E-state index >= 15 is 0 Å². The van der Waals surface area contributed by atoms with Crippen LogP contribution in [-0.4, -0.2) is 38.0 Å². The summed E-state index contributed by atoms with van der Waals surface area (Å²) in [6, 6.07) is 8.13. The number of hydrogen-bond donors (Lipinski definition) is 4. The summed E-state index contributed by atoms with van der Waals surface area (Å²) in [6.45, 7) is 0. The van der Waals surface area contributed by atoms with Crippen molar-refractivity contribution in [3.8, 4) is 23.0 Å². The fraction of sp³-hybridized carbons (Fsp3) is 0. The van der Waals surface area contributed by atoms with Crippen LogP contribution in [0.2, 0.25) is 0 Å². The molecule has 112 valence electrons. The van der Waals surface area contributed by atoms with Crippen molar-refractivity contribution in [2.24, 2.45) is 9.98 Å². The Labute approximate surface area is 131 Å². The zero-order valence-corrected chi connectivity index (χ0v) is 12.0. The fourth-order valence-corrected chi connectivity index (χ4v) is 1.67. The lowest BCUT2D eigenvalue weighted by atomic mass is 10.2. The van der Waals surface area contributed by atoms with Gasteiger partial charge in [-0.2, -0.15) is 0 Å². The molecular weight excluding hydrogens is 304 g/mol. The van der Waals surface area contributed by atoms with Gasteiger partial charge in [-0.05, 0) is 36.5 Å². The second-order valence-corrected chi connectivity index (χ2v) is 4.65. The van der Waals surface area contributed by atoms with Crippen molar-refractivity contribution in [2.75, 3.05) is 0 Å². The second-order valence-electron chi connectivity index (χ2n) is 4.29. The summed E-state index contributed by atoms with van der Waals surface area (Å²) >= 11 is 4.93. The molecule has 0 aliphatic heterocycles. The van der Waals surface area contributed by atoms with Crippen molar-refractivity contribution in [2.45, 2.75) is 0 Å². The smallest absolute Gasteiger partial charge is 0.219 e. The SMILES string of the molecule is Oc1ccc(/C=N/C(=S)/N=C/c2ccc(O)cc2O)c(O)c1. The molecule has 0 atom stereocenters. The van der Waals surface area contributed by atoms with Crippen molar-refractivity contribution >= 4 is 29.8 Å². The summed E-state index contributed by atoms with van der Waals surface area (Å²) in [5, 5.41) is 37.5. The second kappa shape index (κ2) is 6.68. The first-order valence-corrected chi connectivity index (χ1v) is 6.52. The number of benzene rings is 2. The van der Waals surface area contributed by atoms with E-state index in [1.54, 1.807) is 0 Å². The quantitative estimate of drug-likeness (QED) is 0.503. The van der Waals surface area contributed by atoms with Crippen LogP contribution < -0.4 is 0 Å². The molecule has 0 radical (unpaired) electrons. The third-order valence-corrected chi connectivity index (χ3v) is 2.87. The number of nitrogens with zero attached hydrogens (tertiary/aromatic N) is 2. The number of aliphatic imine (C=N–C) groups is 2. The summed E-state index contributed by atoms with van der Waals surface area (Å²) in [5.74, 6) is -0.380. The molecule has 0 saturated carbocycles. The van der Waals surface area contributed by atoms with Crippen LogP contribution in [0, 0.1) is 0 Å². The van der Waals surface area contributed by atoms with E-state index in [0.717, 1.165) is 0 Å². The lowest BCUT2D eigenvalue weighted by Crippen LogP contribution is -1.90. The Balaban J connectivity index is 2.09. The molecule has 22 heavy (non-hydrogen) atoms. The number of aromatic hydroxyl groups is 4. The molecule has 0 heterocycles. The summed E-state index contributed by atoms with van der Waals surface area (Å²) in [7, 11) is 0. The predicted molar refractivity (Wildman–Crippen MR) is 87.3 cm³/mol. The van der Waals surface area contributed by atoms with Gasteiger partial charge in [-0.25, -0.2) is 9.98 Å². The number of hydrogen-bond acceptors (Lipinski definition) is 5. The lowest BCUT2D eigenvalue weighted by molar-refractivity contribution is 0.449. The van der Waals surface area contributed by atoms with Gasteiger partial charge in [0.2, 0.25) is 5.11 Å². The summed E-state index contributed by atoms with van der Waals surface area (Å²) in [5.41, 5.74) is 0.755. The van der Waals surface area contributed by atoms with E-state index < -0.39 is 0 Å². The molecule has 2 aromatic rings. The van der Waals surface area contributed by atoms with E-state index in [4.69, 9.17) is 12.2 Å². The van der Waals surface area contributed by atoms with Crippen molar-refractivity contribution in [1.29, 1.82) is 0 Å². The van der Waals surface area contributed by atoms with Crippen LogP contribution in [0.3, 0.4) is 0 Å². The topological polar surface area (TPSA) is 106 Å². The maximum absolute atomic E-state index is 9.58. The number of phenolic OH excluding ortho intramolecular Hbond substituents is 4. The summed E-state index contributed by atoms with van der Waals surface area (Å²) < 4.78 is 0. The summed E-state index contributed by atoms with van der Waals surface area (Å²) in [4.78, 5) is 7.77. The van der Waals surface area contributed by atoms with Gasteiger partial charge in [0.1, 0.15) is 23.0 Å². The highest BCUT2D eigenvalue weighted by Crippen LogP contribution is 2.21. The molecule has 0 amide bonds. The highest BCUT2D eigenvalue weighted by Gasteiger charge is 2.01. The van der Waals surface area contributed by atoms with Gasteiger partial charge in [-0.1, -0.05) is 0 Å². The summed E-state index contributed by atoms with van der Waals surface area (Å²) in [6.07, 6.45) is 2.62. The molecule has 7 heteroatoms. The van der Waals surface area contributed by atoms with Gasteiger partial charge in [0, 0.05) is 35.7 Å². The van der Waals surface area contributed by atoms with Gasteiger partial charge < -0.3 is 20.4 Å². The third-order valence-electron chi connectivity index (χ3n) is 2.66. The van der Waals surface area contributed by atoms with Gasteiger partial charge in [0.25, 0.3) is 0 Å². The van der Waals surface area contributed by atoms with Gasteiger partial charge >= 0.3 is 0 Å². The molecule has 0 aliphatic rings. The first-order valence-electron chi connectivity index (χ1n) is 6.12.